The van der Waals surface area contributed by atoms with E-state index in [4.69, 9.17) is 4.74 Å². The SMILES string of the molecule is COc1ccc(NC(=O)N(C=O)c2ccc3ccccc3c2)cc1. The normalized spacial score (nSPS) is 10.2. The van der Waals surface area contributed by atoms with Crippen molar-refractivity contribution >= 4 is 34.6 Å². The first kappa shape index (κ1) is 15.6. The highest BCUT2D eigenvalue weighted by molar-refractivity contribution is 6.12. The molecular formula is C19H16N2O3. The Bertz CT molecular complexity index is 875. The molecule has 0 saturated heterocycles. The van der Waals surface area contributed by atoms with Crippen LogP contribution in [0.3, 0.4) is 0 Å². The van der Waals surface area contributed by atoms with E-state index in [9.17, 15) is 9.59 Å². The Kier molecular flexibility index (Phi) is 4.43. The summed E-state index contributed by atoms with van der Waals surface area (Å²) < 4.78 is 5.07. The first-order chi connectivity index (χ1) is 11.7. The number of fused-ring (bicyclic) bond motifs is 1. The number of imide groups is 1. The molecule has 5 heteroatoms. The Morgan fingerprint density at radius 2 is 1.71 bits per heavy atom. The largest absolute Gasteiger partial charge is 0.497 e. The van der Waals surface area contributed by atoms with Crippen LogP contribution in [0.2, 0.25) is 0 Å². The molecule has 0 heterocycles. The highest BCUT2D eigenvalue weighted by Gasteiger charge is 2.15. The van der Waals surface area contributed by atoms with Gasteiger partial charge in [-0.2, -0.15) is 0 Å². The van der Waals surface area contributed by atoms with Gasteiger partial charge in [0.15, 0.2) is 0 Å². The lowest BCUT2D eigenvalue weighted by Gasteiger charge is -2.17. The van der Waals surface area contributed by atoms with E-state index in [2.05, 4.69) is 5.32 Å². The number of methoxy groups -OCH3 is 1. The Hall–Kier alpha value is -3.34. The minimum absolute atomic E-state index is 0.503. The smallest absolute Gasteiger partial charge is 0.332 e. The van der Waals surface area contributed by atoms with Crippen molar-refractivity contribution < 1.29 is 14.3 Å². The number of urea groups is 1. The van der Waals surface area contributed by atoms with Crippen LogP contribution in [0.5, 0.6) is 5.75 Å². The average Bonchev–Trinajstić information content (AvgIpc) is 2.63. The number of amides is 3. The Morgan fingerprint density at radius 1 is 1.00 bits per heavy atom. The fourth-order valence-electron chi connectivity index (χ4n) is 2.41. The quantitative estimate of drug-likeness (QED) is 0.738. The predicted octanol–water partition coefficient (Wildman–Crippen LogP) is 4.04. The minimum Gasteiger partial charge on any atom is -0.497 e. The lowest BCUT2D eigenvalue weighted by molar-refractivity contribution is -0.106. The first-order valence-electron chi connectivity index (χ1n) is 7.39. The van der Waals surface area contributed by atoms with Gasteiger partial charge in [-0.25, -0.2) is 9.69 Å². The molecule has 0 aliphatic carbocycles. The molecule has 3 aromatic carbocycles. The zero-order chi connectivity index (χ0) is 16.9. The lowest BCUT2D eigenvalue weighted by atomic mass is 10.1. The molecule has 5 nitrogen and oxygen atoms in total. The maximum Gasteiger partial charge on any atom is 0.332 e. The van der Waals surface area contributed by atoms with Crippen LogP contribution in [0.1, 0.15) is 0 Å². The third kappa shape index (κ3) is 3.20. The van der Waals surface area contributed by atoms with E-state index in [1.807, 2.05) is 30.3 Å². The minimum atomic E-state index is -0.523. The summed E-state index contributed by atoms with van der Waals surface area (Å²) in [6.07, 6.45) is 0.503. The number of anilines is 2. The van der Waals surface area contributed by atoms with Crippen LogP contribution in [0.4, 0.5) is 16.2 Å². The van der Waals surface area contributed by atoms with Gasteiger partial charge in [-0.1, -0.05) is 30.3 Å². The highest BCUT2D eigenvalue weighted by atomic mass is 16.5. The van der Waals surface area contributed by atoms with Crippen LogP contribution in [-0.2, 0) is 4.79 Å². The molecule has 0 radical (unpaired) electrons. The van der Waals surface area contributed by atoms with Gasteiger partial charge in [-0.05, 0) is 47.2 Å². The Balaban J connectivity index is 1.83. The second kappa shape index (κ2) is 6.83. The first-order valence-corrected chi connectivity index (χ1v) is 7.39. The number of benzene rings is 3. The maximum atomic E-state index is 12.4. The molecule has 0 saturated carbocycles. The van der Waals surface area contributed by atoms with Crippen molar-refractivity contribution in [1.82, 2.24) is 0 Å². The van der Waals surface area contributed by atoms with Crippen LogP contribution < -0.4 is 15.0 Å². The second-order valence-corrected chi connectivity index (χ2v) is 5.17. The number of nitrogens with zero attached hydrogens (tertiary/aromatic N) is 1. The van der Waals surface area contributed by atoms with Crippen molar-refractivity contribution in [1.29, 1.82) is 0 Å². The molecule has 0 aliphatic heterocycles. The van der Waals surface area contributed by atoms with Crippen molar-refractivity contribution in [2.24, 2.45) is 0 Å². The number of carbonyl (C=O) groups excluding carboxylic acids is 2. The van der Waals surface area contributed by atoms with Crippen molar-refractivity contribution in [3.8, 4) is 5.75 Å². The molecular weight excluding hydrogens is 304 g/mol. The molecule has 0 aliphatic rings. The molecule has 3 amide bonds. The third-order valence-corrected chi connectivity index (χ3v) is 3.68. The van der Waals surface area contributed by atoms with Crippen molar-refractivity contribution in [3.63, 3.8) is 0 Å². The Labute approximate surface area is 139 Å². The van der Waals surface area contributed by atoms with E-state index in [0.29, 0.717) is 23.5 Å². The van der Waals surface area contributed by atoms with Gasteiger partial charge in [0, 0.05) is 5.69 Å². The number of rotatable bonds is 4. The highest BCUT2D eigenvalue weighted by Crippen LogP contribution is 2.22. The summed E-state index contributed by atoms with van der Waals surface area (Å²) in [5, 5.41) is 4.69. The second-order valence-electron chi connectivity index (χ2n) is 5.17. The van der Waals surface area contributed by atoms with Gasteiger partial charge in [0.05, 0.1) is 12.8 Å². The van der Waals surface area contributed by atoms with Gasteiger partial charge >= 0.3 is 6.03 Å². The summed E-state index contributed by atoms with van der Waals surface area (Å²) in [6, 6.07) is 19.5. The van der Waals surface area contributed by atoms with Gasteiger partial charge in [0.25, 0.3) is 0 Å². The number of hydrogen-bond acceptors (Lipinski definition) is 3. The summed E-state index contributed by atoms with van der Waals surface area (Å²) >= 11 is 0. The van der Waals surface area contributed by atoms with E-state index >= 15 is 0 Å². The lowest BCUT2D eigenvalue weighted by Crippen LogP contribution is -2.33. The number of carbonyl (C=O) groups is 2. The molecule has 3 rings (SSSR count). The van der Waals surface area contributed by atoms with E-state index in [0.717, 1.165) is 15.7 Å². The van der Waals surface area contributed by atoms with Gasteiger partial charge in [0.1, 0.15) is 5.75 Å². The van der Waals surface area contributed by atoms with Gasteiger partial charge in [-0.3, -0.25) is 4.79 Å². The summed E-state index contributed by atoms with van der Waals surface area (Å²) in [5.41, 5.74) is 1.09. The number of nitrogens with one attached hydrogen (secondary N) is 1. The van der Waals surface area contributed by atoms with Crippen LogP contribution in [0, 0.1) is 0 Å². The van der Waals surface area contributed by atoms with E-state index in [1.165, 1.54) is 0 Å². The van der Waals surface area contributed by atoms with E-state index in [-0.39, 0.29) is 0 Å². The Morgan fingerprint density at radius 3 is 2.38 bits per heavy atom. The zero-order valence-corrected chi connectivity index (χ0v) is 13.1. The van der Waals surface area contributed by atoms with Crippen LogP contribution in [-0.4, -0.2) is 19.6 Å². The monoisotopic (exact) mass is 320 g/mol. The molecule has 0 fully saturated rings. The molecule has 0 aromatic heterocycles. The predicted molar refractivity (Wildman–Crippen MR) is 94.5 cm³/mol. The molecule has 0 spiro atoms. The van der Waals surface area contributed by atoms with Crippen LogP contribution >= 0.6 is 0 Å². The van der Waals surface area contributed by atoms with Crippen LogP contribution in [0.15, 0.2) is 66.7 Å². The molecule has 120 valence electrons. The van der Waals surface area contributed by atoms with Gasteiger partial charge < -0.3 is 10.1 Å². The van der Waals surface area contributed by atoms with Gasteiger partial charge in [0.2, 0.25) is 6.41 Å². The van der Waals surface area contributed by atoms with Crippen molar-refractivity contribution in [3.05, 3.63) is 66.7 Å². The van der Waals surface area contributed by atoms with E-state index < -0.39 is 6.03 Å². The van der Waals surface area contributed by atoms with Crippen molar-refractivity contribution in [2.75, 3.05) is 17.3 Å². The molecule has 0 atom stereocenters. The molecule has 0 bridgehead atoms. The maximum absolute atomic E-state index is 12.4. The number of hydrogen-bond donors (Lipinski definition) is 1. The molecule has 1 N–H and O–H groups in total. The van der Waals surface area contributed by atoms with E-state index in [1.54, 1.807) is 43.5 Å². The van der Waals surface area contributed by atoms with Crippen LogP contribution in [0.25, 0.3) is 10.8 Å². The topological polar surface area (TPSA) is 58.6 Å². The zero-order valence-electron chi connectivity index (χ0n) is 13.1. The summed E-state index contributed by atoms with van der Waals surface area (Å²) in [4.78, 5) is 24.8. The molecule has 24 heavy (non-hydrogen) atoms. The molecule has 0 unspecified atom stereocenters. The third-order valence-electron chi connectivity index (χ3n) is 3.68. The summed E-state index contributed by atoms with van der Waals surface area (Å²) in [7, 11) is 1.57. The summed E-state index contributed by atoms with van der Waals surface area (Å²) in [6.45, 7) is 0. The summed E-state index contributed by atoms with van der Waals surface area (Å²) in [5.74, 6) is 0.690. The fraction of sp³-hybridized carbons (Fsp3) is 0.0526. The standard InChI is InChI=1S/C19H16N2O3/c1-24-18-10-7-16(8-11-18)20-19(23)21(13-22)17-9-6-14-4-2-3-5-15(14)12-17/h2-13H,1H3,(H,20,23). The number of ether oxygens (including phenoxy) is 1. The van der Waals surface area contributed by atoms with Crippen molar-refractivity contribution in [2.45, 2.75) is 0 Å². The fourth-order valence-corrected chi connectivity index (χ4v) is 2.41. The van der Waals surface area contributed by atoms with Gasteiger partial charge in [-0.15, -0.1) is 0 Å². The average molecular weight is 320 g/mol. The molecule has 3 aromatic rings.